The minimum atomic E-state index is 0.128. The van der Waals surface area contributed by atoms with E-state index in [9.17, 15) is 0 Å². The summed E-state index contributed by atoms with van der Waals surface area (Å²) in [6, 6.07) is 60.4. The second-order valence-electron chi connectivity index (χ2n) is 16.8. The minimum absolute atomic E-state index is 0.128. The lowest BCUT2D eigenvalue weighted by atomic mass is 9.63. The molecule has 2 aromatic heterocycles. The summed E-state index contributed by atoms with van der Waals surface area (Å²) in [5.41, 5.74) is 14.3. The molecule has 2 heterocycles. The quantitative estimate of drug-likeness (QED) is 0.171. The van der Waals surface area contributed by atoms with Gasteiger partial charge in [-0.2, -0.15) is 0 Å². The van der Waals surface area contributed by atoms with Crippen molar-refractivity contribution in [3.8, 4) is 62.1 Å². The summed E-state index contributed by atoms with van der Waals surface area (Å²) in [5.74, 6) is 1.94. The Morgan fingerprint density at radius 3 is 1.49 bits per heavy atom. The molecule has 0 unspecified atom stereocenters. The van der Waals surface area contributed by atoms with Gasteiger partial charge < -0.3 is 4.57 Å². The molecule has 0 bridgehead atoms. The highest BCUT2D eigenvalue weighted by Crippen LogP contribution is 2.48. The smallest absolute Gasteiger partial charge is 0.164 e. The molecule has 4 heteroatoms. The van der Waals surface area contributed by atoms with Gasteiger partial charge in [0.2, 0.25) is 0 Å². The number of aromatic nitrogens is 4. The molecule has 0 radical (unpaired) electrons. The van der Waals surface area contributed by atoms with Crippen molar-refractivity contribution in [1.82, 2.24) is 19.5 Å². The lowest BCUT2D eigenvalue weighted by Gasteiger charge is -2.42. The van der Waals surface area contributed by atoms with Gasteiger partial charge in [-0.15, -0.1) is 0 Å². The van der Waals surface area contributed by atoms with Crippen LogP contribution in [-0.4, -0.2) is 19.5 Å². The molecule has 4 nitrogen and oxygen atoms in total. The lowest BCUT2D eigenvalue weighted by Crippen LogP contribution is -2.33. The summed E-state index contributed by atoms with van der Waals surface area (Å²) in [4.78, 5) is 15.1. The number of benzene rings is 7. The summed E-state index contributed by atoms with van der Waals surface area (Å²) in [7, 11) is 0. The van der Waals surface area contributed by atoms with Crippen LogP contribution in [0.2, 0.25) is 0 Å². The average molecular weight is 737 g/mol. The van der Waals surface area contributed by atoms with Gasteiger partial charge in [0.1, 0.15) is 0 Å². The largest absolute Gasteiger partial charge is 0.309 e. The predicted molar refractivity (Wildman–Crippen MR) is 237 cm³/mol. The number of para-hydroxylation sites is 1. The van der Waals surface area contributed by atoms with Crippen molar-refractivity contribution in [3.63, 3.8) is 0 Å². The van der Waals surface area contributed by atoms with Crippen LogP contribution in [0.4, 0.5) is 0 Å². The van der Waals surface area contributed by atoms with Crippen LogP contribution in [0.25, 0.3) is 83.9 Å². The van der Waals surface area contributed by atoms with Crippen LogP contribution in [0.5, 0.6) is 0 Å². The van der Waals surface area contributed by atoms with Crippen LogP contribution < -0.4 is 0 Å². The van der Waals surface area contributed by atoms with Gasteiger partial charge in [0.05, 0.1) is 11.0 Å². The molecular weight excluding hydrogens is 693 g/mol. The predicted octanol–water partition coefficient (Wildman–Crippen LogP) is 13.7. The molecule has 9 aromatic rings. The van der Waals surface area contributed by atoms with E-state index in [0.717, 1.165) is 39.1 Å². The zero-order chi connectivity index (χ0) is 38.7. The maximum absolute atomic E-state index is 5.07. The third-order valence-corrected chi connectivity index (χ3v) is 12.1. The van der Waals surface area contributed by atoms with Crippen molar-refractivity contribution in [3.05, 3.63) is 181 Å². The molecule has 7 aromatic carbocycles. The lowest BCUT2D eigenvalue weighted by molar-refractivity contribution is 0.332. The molecule has 0 saturated heterocycles. The molecule has 0 spiro atoms. The SMILES string of the molecule is CC1(C)CCC(C)(C)c2cc3c(cc21)c1ccccc1n3-c1ccc(-c2cccc(-c3nc(-c4ccccc4)nc(-c4ccc(-c5ccccc5)cc4)n3)c2)cc1. The Labute approximate surface area is 334 Å². The second kappa shape index (κ2) is 13.5. The van der Waals surface area contributed by atoms with E-state index in [4.69, 9.17) is 15.0 Å². The van der Waals surface area contributed by atoms with Crippen LogP contribution in [0.1, 0.15) is 51.7 Å². The highest BCUT2D eigenvalue weighted by Gasteiger charge is 2.37. The number of hydrogen-bond acceptors (Lipinski definition) is 3. The Hall–Kier alpha value is -6.65. The number of rotatable bonds is 6. The molecule has 0 N–H and O–H groups in total. The maximum atomic E-state index is 5.07. The van der Waals surface area contributed by atoms with E-state index >= 15 is 0 Å². The van der Waals surface area contributed by atoms with Gasteiger partial charge in [0.15, 0.2) is 17.5 Å². The Bertz CT molecular complexity index is 2920. The molecular formula is C53H44N4. The van der Waals surface area contributed by atoms with Crippen LogP contribution in [-0.2, 0) is 10.8 Å². The number of nitrogens with zero attached hydrogens (tertiary/aromatic N) is 4. The average Bonchev–Trinajstić information content (AvgIpc) is 3.59. The van der Waals surface area contributed by atoms with Gasteiger partial charge in [0.25, 0.3) is 0 Å². The van der Waals surface area contributed by atoms with Gasteiger partial charge in [-0.1, -0.05) is 161 Å². The Morgan fingerprint density at radius 1 is 0.368 bits per heavy atom. The van der Waals surface area contributed by atoms with Gasteiger partial charge >= 0.3 is 0 Å². The molecule has 1 aliphatic carbocycles. The van der Waals surface area contributed by atoms with E-state index in [1.54, 1.807) is 0 Å². The van der Waals surface area contributed by atoms with E-state index in [-0.39, 0.29) is 10.8 Å². The van der Waals surface area contributed by atoms with E-state index in [0.29, 0.717) is 17.5 Å². The summed E-state index contributed by atoms with van der Waals surface area (Å²) in [6.07, 6.45) is 2.39. The first-order valence-corrected chi connectivity index (χ1v) is 20.0. The summed E-state index contributed by atoms with van der Waals surface area (Å²) < 4.78 is 2.45. The molecule has 276 valence electrons. The Kier molecular flexibility index (Phi) is 8.26. The normalized spacial score (nSPS) is 14.5. The summed E-state index contributed by atoms with van der Waals surface area (Å²) >= 11 is 0. The van der Waals surface area contributed by atoms with E-state index in [2.05, 4.69) is 166 Å². The Morgan fingerprint density at radius 2 is 0.825 bits per heavy atom. The van der Waals surface area contributed by atoms with Crippen LogP contribution in [0.3, 0.4) is 0 Å². The number of hydrogen-bond donors (Lipinski definition) is 0. The summed E-state index contributed by atoms with van der Waals surface area (Å²) in [6.45, 7) is 9.64. The molecule has 10 rings (SSSR count). The van der Waals surface area contributed by atoms with Gasteiger partial charge in [-0.25, -0.2) is 15.0 Å². The first-order valence-electron chi connectivity index (χ1n) is 20.0. The van der Waals surface area contributed by atoms with Gasteiger partial charge in [0, 0.05) is 33.2 Å². The number of fused-ring (bicyclic) bond motifs is 4. The molecule has 0 fully saturated rings. The first kappa shape index (κ1) is 34.8. The zero-order valence-corrected chi connectivity index (χ0v) is 32.9. The van der Waals surface area contributed by atoms with Crippen molar-refractivity contribution >= 4 is 21.8 Å². The fraction of sp³-hybridized carbons (Fsp3) is 0.151. The monoisotopic (exact) mass is 736 g/mol. The molecule has 0 aliphatic heterocycles. The molecule has 57 heavy (non-hydrogen) atoms. The first-order chi connectivity index (χ1) is 27.7. The van der Waals surface area contributed by atoms with Gasteiger partial charge in [-0.05, 0) is 93.5 Å². The van der Waals surface area contributed by atoms with Crippen LogP contribution >= 0.6 is 0 Å². The topological polar surface area (TPSA) is 43.6 Å². The van der Waals surface area contributed by atoms with E-state index < -0.39 is 0 Å². The second-order valence-corrected chi connectivity index (χ2v) is 16.8. The van der Waals surface area contributed by atoms with Crippen molar-refractivity contribution in [2.24, 2.45) is 0 Å². The van der Waals surface area contributed by atoms with Gasteiger partial charge in [-0.3, -0.25) is 0 Å². The van der Waals surface area contributed by atoms with Crippen molar-refractivity contribution in [1.29, 1.82) is 0 Å². The third kappa shape index (κ3) is 6.22. The van der Waals surface area contributed by atoms with Crippen molar-refractivity contribution in [2.45, 2.75) is 51.4 Å². The molecule has 0 atom stereocenters. The summed E-state index contributed by atoms with van der Waals surface area (Å²) in [5, 5.41) is 2.62. The van der Waals surface area contributed by atoms with Crippen molar-refractivity contribution < 1.29 is 0 Å². The van der Waals surface area contributed by atoms with Crippen LogP contribution in [0.15, 0.2) is 170 Å². The standard InChI is InChI=1S/C53H44N4/c1-52(2)30-31-53(3,4)46-34-48-44(33-45(46)52)43-20-11-12-21-47(43)57(48)42-28-26-37(27-29-42)40-18-13-19-41(32-40)51-55-49(38-16-9-6-10-17-38)54-50(56-51)39-24-22-36(23-25-39)35-14-7-5-8-15-35/h5-29,32-34H,30-31H2,1-4H3. The van der Waals surface area contributed by atoms with E-state index in [1.807, 2.05) is 36.4 Å². The zero-order valence-electron chi connectivity index (χ0n) is 32.9. The highest BCUT2D eigenvalue weighted by atomic mass is 15.0. The molecule has 0 amide bonds. The van der Waals surface area contributed by atoms with E-state index in [1.165, 1.54) is 51.3 Å². The highest BCUT2D eigenvalue weighted by molar-refractivity contribution is 6.10. The third-order valence-electron chi connectivity index (χ3n) is 12.1. The fourth-order valence-electron chi connectivity index (χ4n) is 8.74. The molecule has 1 aliphatic rings. The maximum Gasteiger partial charge on any atom is 0.164 e. The molecule has 0 saturated carbocycles. The van der Waals surface area contributed by atoms with Crippen LogP contribution in [0, 0.1) is 0 Å². The minimum Gasteiger partial charge on any atom is -0.309 e. The van der Waals surface area contributed by atoms with Crippen molar-refractivity contribution in [2.75, 3.05) is 0 Å². The Balaban J connectivity index is 1.03. The fourth-order valence-corrected chi connectivity index (χ4v) is 8.74.